The van der Waals surface area contributed by atoms with Crippen molar-refractivity contribution in [2.24, 2.45) is 4.99 Å². The van der Waals surface area contributed by atoms with Crippen LogP contribution in [0.4, 0.5) is 5.13 Å². The topological polar surface area (TPSA) is 65.4 Å². The Hall–Kier alpha value is -0.940. The van der Waals surface area contributed by atoms with Gasteiger partial charge in [0.15, 0.2) is 11.1 Å². The molecule has 1 fully saturated rings. The van der Waals surface area contributed by atoms with Crippen molar-refractivity contribution in [1.82, 2.24) is 20.6 Å². The molecule has 3 rings (SSSR count). The zero-order valence-corrected chi connectivity index (χ0v) is 19.3. The van der Waals surface area contributed by atoms with Crippen LogP contribution in [0.25, 0.3) is 0 Å². The van der Waals surface area contributed by atoms with E-state index in [0.717, 1.165) is 61.4 Å². The van der Waals surface area contributed by atoms with Gasteiger partial charge in [0.05, 0.1) is 16.4 Å². The van der Waals surface area contributed by atoms with Crippen LogP contribution in [0.2, 0.25) is 0 Å². The Bertz CT molecular complexity index is 693. The molecule has 0 radical (unpaired) electrons. The molecule has 3 heterocycles. The second kappa shape index (κ2) is 11.0. The number of hydrogen-bond donors (Lipinski definition) is 2. The van der Waals surface area contributed by atoms with E-state index in [1.165, 1.54) is 18.0 Å². The van der Waals surface area contributed by atoms with Gasteiger partial charge in [-0.1, -0.05) is 0 Å². The van der Waals surface area contributed by atoms with Crippen LogP contribution in [-0.2, 0) is 12.8 Å². The lowest BCUT2D eigenvalue weighted by atomic mass is 10.3. The Morgan fingerprint density at radius 1 is 1.08 bits per heavy atom. The van der Waals surface area contributed by atoms with Crippen LogP contribution in [0.15, 0.2) is 15.8 Å². The molecule has 0 unspecified atom stereocenters. The molecule has 0 spiro atoms. The molecular formula is C17H27IN6S2. The molecule has 1 saturated heterocycles. The number of nitrogens with one attached hydrogen (secondary N) is 2. The van der Waals surface area contributed by atoms with E-state index < -0.39 is 0 Å². The predicted octanol–water partition coefficient (Wildman–Crippen LogP) is 3.08. The number of halogens is 1. The lowest BCUT2D eigenvalue weighted by Gasteiger charge is -2.12. The molecule has 2 aromatic heterocycles. The molecule has 0 bridgehead atoms. The van der Waals surface area contributed by atoms with Gasteiger partial charge in [-0.2, -0.15) is 0 Å². The van der Waals surface area contributed by atoms with E-state index in [-0.39, 0.29) is 24.0 Å². The van der Waals surface area contributed by atoms with Crippen molar-refractivity contribution in [2.75, 3.05) is 38.1 Å². The molecule has 9 heteroatoms. The molecule has 6 nitrogen and oxygen atoms in total. The van der Waals surface area contributed by atoms with Crippen molar-refractivity contribution in [3.63, 3.8) is 0 Å². The smallest absolute Gasteiger partial charge is 0.191 e. The molecule has 2 N–H and O–H groups in total. The number of anilines is 1. The summed E-state index contributed by atoms with van der Waals surface area (Å²) in [6.07, 6.45) is 4.41. The van der Waals surface area contributed by atoms with Crippen molar-refractivity contribution >= 4 is 57.7 Å². The van der Waals surface area contributed by atoms with E-state index in [2.05, 4.69) is 36.3 Å². The summed E-state index contributed by atoms with van der Waals surface area (Å²) in [7, 11) is 1.80. The van der Waals surface area contributed by atoms with Crippen LogP contribution in [0.3, 0.4) is 0 Å². The van der Waals surface area contributed by atoms with Crippen molar-refractivity contribution in [2.45, 2.75) is 32.6 Å². The highest BCUT2D eigenvalue weighted by Gasteiger charge is 2.15. The van der Waals surface area contributed by atoms with Gasteiger partial charge >= 0.3 is 0 Å². The third-order valence-electron chi connectivity index (χ3n) is 4.15. The zero-order chi connectivity index (χ0) is 17.5. The van der Waals surface area contributed by atoms with E-state index in [1.807, 2.05) is 6.92 Å². The molecule has 1 aliphatic rings. The minimum absolute atomic E-state index is 0. The fraction of sp³-hybridized carbons (Fsp3) is 0.588. The number of aryl methyl sites for hydroxylation is 1. The van der Waals surface area contributed by atoms with Crippen LogP contribution in [0.5, 0.6) is 0 Å². The van der Waals surface area contributed by atoms with Crippen LogP contribution < -0.4 is 15.5 Å². The largest absolute Gasteiger partial charge is 0.356 e. The standard InChI is InChI=1S/C17H26N6S2.HI/c1-13-21-14(11-24-13)5-7-19-16(18-2)20-8-6-15-12-25-17(22-15)23-9-3-4-10-23;/h11-12H,3-10H2,1-2H3,(H2,18,19,20);1H. The van der Waals surface area contributed by atoms with Gasteiger partial charge in [0, 0.05) is 56.8 Å². The Kier molecular flexibility index (Phi) is 9.06. The number of guanidine groups is 1. The van der Waals surface area contributed by atoms with Crippen LogP contribution in [-0.4, -0.2) is 49.2 Å². The number of aliphatic imine (C=N–C) groups is 1. The summed E-state index contributed by atoms with van der Waals surface area (Å²) in [4.78, 5) is 15.9. The maximum atomic E-state index is 4.76. The summed E-state index contributed by atoms with van der Waals surface area (Å²) in [5, 5.41) is 13.3. The Morgan fingerprint density at radius 2 is 1.69 bits per heavy atom. The molecule has 0 aliphatic carbocycles. The molecular weight excluding hydrogens is 479 g/mol. The number of thiazole rings is 2. The fourth-order valence-electron chi connectivity index (χ4n) is 2.83. The summed E-state index contributed by atoms with van der Waals surface area (Å²) >= 11 is 3.46. The molecule has 26 heavy (non-hydrogen) atoms. The molecule has 2 aromatic rings. The van der Waals surface area contributed by atoms with Crippen LogP contribution in [0, 0.1) is 6.92 Å². The zero-order valence-electron chi connectivity index (χ0n) is 15.3. The van der Waals surface area contributed by atoms with Crippen molar-refractivity contribution in [3.05, 3.63) is 27.2 Å². The SMILES string of the molecule is CN=C(NCCc1csc(C)n1)NCCc1csc(N2CCCC2)n1.I. The first-order valence-electron chi connectivity index (χ1n) is 8.79. The third-order valence-corrected chi connectivity index (χ3v) is 5.93. The van der Waals surface area contributed by atoms with Crippen molar-refractivity contribution in [3.8, 4) is 0 Å². The fourth-order valence-corrected chi connectivity index (χ4v) is 4.39. The third kappa shape index (κ3) is 6.34. The average Bonchev–Trinajstić information content (AvgIpc) is 3.35. The highest BCUT2D eigenvalue weighted by Crippen LogP contribution is 2.24. The van der Waals surface area contributed by atoms with Gasteiger partial charge in [0.25, 0.3) is 0 Å². The first-order chi connectivity index (χ1) is 12.2. The van der Waals surface area contributed by atoms with E-state index in [1.54, 1.807) is 29.7 Å². The maximum absolute atomic E-state index is 4.76. The van der Waals surface area contributed by atoms with Gasteiger partial charge in [0.1, 0.15) is 0 Å². The summed E-state index contributed by atoms with van der Waals surface area (Å²) in [6, 6.07) is 0. The van der Waals surface area contributed by atoms with Crippen molar-refractivity contribution < 1.29 is 0 Å². The number of aromatic nitrogens is 2. The molecule has 1 aliphatic heterocycles. The molecule has 144 valence electrons. The Labute approximate surface area is 180 Å². The molecule has 0 aromatic carbocycles. The summed E-state index contributed by atoms with van der Waals surface area (Å²) in [6.45, 7) is 6.01. The Morgan fingerprint density at radius 3 is 2.27 bits per heavy atom. The number of nitrogens with zero attached hydrogens (tertiary/aromatic N) is 4. The Balaban J connectivity index is 0.00000243. The van der Waals surface area contributed by atoms with E-state index in [0.29, 0.717) is 0 Å². The van der Waals surface area contributed by atoms with Crippen molar-refractivity contribution in [1.29, 1.82) is 0 Å². The number of rotatable bonds is 7. The lowest BCUT2D eigenvalue weighted by molar-refractivity contribution is 0.771. The van der Waals surface area contributed by atoms with Gasteiger partial charge < -0.3 is 15.5 Å². The van der Waals surface area contributed by atoms with E-state index in [4.69, 9.17) is 4.98 Å². The maximum Gasteiger partial charge on any atom is 0.191 e. The summed E-state index contributed by atoms with van der Waals surface area (Å²) in [5.41, 5.74) is 2.30. The van der Waals surface area contributed by atoms with Crippen LogP contribution in [0.1, 0.15) is 29.2 Å². The predicted molar refractivity (Wildman–Crippen MR) is 123 cm³/mol. The second-order valence-corrected chi connectivity index (χ2v) is 8.00. The first kappa shape index (κ1) is 21.4. The van der Waals surface area contributed by atoms with E-state index in [9.17, 15) is 0 Å². The van der Waals surface area contributed by atoms with Gasteiger partial charge in [-0.3, -0.25) is 4.99 Å². The monoisotopic (exact) mass is 506 g/mol. The van der Waals surface area contributed by atoms with Gasteiger partial charge in [0.2, 0.25) is 0 Å². The quantitative estimate of drug-likeness (QED) is 0.344. The normalized spacial score (nSPS) is 14.4. The van der Waals surface area contributed by atoms with Gasteiger partial charge in [-0.15, -0.1) is 46.7 Å². The minimum Gasteiger partial charge on any atom is -0.356 e. The highest BCUT2D eigenvalue weighted by atomic mass is 127. The van der Waals surface area contributed by atoms with Crippen LogP contribution >= 0.6 is 46.7 Å². The second-order valence-electron chi connectivity index (χ2n) is 6.10. The summed E-state index contributed by atoms with van der Waals surface area (Å²) in [5.74, 6) is 0.835. The summed E-state index contributed by atoms with van der Waals surface area (Å²) < 4.78 is 0. The first-order valence-corrected chi connectivity index (χ1v) is 10.6. The molecule has 0 saturated carbocycles. The molecule has 0 atom stereocenters. The molecule has 0 amide bonds. The minimum atomic E-state index is 0. The van der Waals surface area contributed by atoms with Gasteiger partial charge in [-0.05, 0) is 19.8 Å². The number of hydrogen-bond acceptors (Lipinski definition) is 6. The lowest BCUT2D eigenvalue weighted by Crippen LogP contribution is -2.39. The van der Waals surface area contributed by atoms with E-state index >= 15 is 0 Å². The average molecular weight is 506 g/mol. The van der Waals surface area contributed by atoms with Gasteiger partial charge in [-0.25, -0.2) is 9.97 Å². The highest BCUT2D eigenvalue weighted by molar-refractivity contribution is 14.0.